The SMILES string of the molecule is O=C([O-])c1cnccc1C(=O)O. The molecule has 1 N–H and O–H groups in total. The van der Waals surface area contributed by atoms with Crippen LogP contribution < -0.4 is 5.11 Å². The molecule has 1 aromatic rings. The third kappa shape index (κ3) is 1.39. The maximum absolute atomic E-state index is 10.4. The van der Waals surface area contributed by atoms with Crippen molar-refractivity contribution < 1.29 is 19.8 Å². The first-order valence-corrected chi connectivity index (χ1v) is 3.01. The van der Waals surface area contributed by atoms with Crippen LogP contribution in [0.15, 0.2) is 18.5 Å². The average molecular weight is 166 g/mol. The van der Waals surface area contributed by atoms with Crippen LogP contribution in [0.2, 0.25) is 0 Å². The lowest BCUT2D eigenvalue weighted by Crippen LogP contribution is -2.25. The van der Waals surface area contributed by atoms with Crippen LogP contribution in [0.3, 0.4) is 0 Å². The Labute approximate surface area is 67.3 Å². The zero-order valence-electron chi connectivity index (χ0n) is 5.85. The van der Waals surface area contributed by atoms with Gasteiger partial charge in [-0.1, -0.05) is 0 Å². The third-order valence-electron chi connectivity index (χ3n) is 1.27. The van der Waals surface area contributed by atoms with Gasteiger partial charge >= 0.3 is 5.97 Å². The molecule has 1 heterocycles. The number of carboxylic acids is 2. The highest BCUT2D eigenvalue weighted by Crippen LogP contribution is 2.04. The number of carboxylic acid groups (broad SMARTS) is 2. The molecule has 0 amide bonds. The standard InChI is InChI=1S/C7H5NO4/c9-6(10)4-1-2-8-3-5(4)7(11)12/h1-3H,(H,9,10)(H,11,12)/p-1. The molecule has 0 aromatic carbocycles. The molecule has 0 radical (unpaired) electrons. The number of nitrogens with zero attached hydrogens (tertiary/aromatic N) is 1. The zero-order valence-corrected chi connectivity index (χ0v) is 5.85. The molecule has 0 aliphatic heterocycles. The highest BCUT2D eigenvalue weighted by Gasteiger charge is 2.09. The molecule has 0 atom stereocenters. The minimum atomic E-state index is -1.54. The largest absolute Gasteiger partial charge is 0.545 e. The van der Waals surface area contributed by atoms with E-state index in [0.29, 0.717) is 0 Å². The minimum Gasteiger partial charge on any atom is -0.545 e. The van der Waals surface area contributed by atoms with Crippen molar-refractivity contribution in [3.63, 3.8) is 0 Å². The van der Waals surface area contributed by atoms with Crippen molar-refractivity contribution in [1.29, 1.82) is 0 Å². The van der Waals surface area contributed by atoms with E-state index in [4.69, 9.17) is 5.11 Å². The molecule has 12 heavy (non-hydrogen) atoms. The molecular formula is C7H4NO4-. The lowest BCUT2D eigenvalue weighted by Gasteiger charge is -2.04. The topological polar surface area (TPSA) is 90.3 Å². The third-order valence-corrected chi connectivity index (χ3v) is 1.27. The van der Waals surface area contributed by atoms with Gasteiger partial charge in [0.2, 0.25) is 0 Å². The Kier molecular flexibility index (Phi) is 2.05. The number of carbonyl (C=O) groups excluding carboxylic acids is 1. The van der Waals surface area contributed by atoms with Gasteiger partial charge in [-0.3, -0.25) is 4.98 Å². The van der Waals surface area contributed by atoms with E-state index in [1.54, 1.807) is 0 Å². The van der Waals surface area contributed by atoms with E-state index in [2.05, 4.69) is 4.98 Å². The van der Waals surface area contributed by atoms with Crippen molar-refractivity contribution in [2.45, 2.75) is 0 Å². The van der Waals surface area contributed by atoms with E-state index in [-0.39, 0.29) is 5.56 Å². The Morgan fingerprint density at radius 1 is 1.42 bits per heavy atom. The van der Waals surface area contributed by atoms with Crippen LogP contribution in [0.4, 0.5) is 0 Å². The number of pyridine rings is 1. The molecule has 1 rings (SSSR count). The van der Waals surface area contributed by atoms with Gasteiger partial charge in [0, 0.05) is 18.0 Å². The number of aromatic nitrogens is 1. The second-order valence-corrected chi connectivity index (χ2v) is 2.01. The first-order chi connectivity index (χ1) is 5.63. The van der Waals surface area contributed by atoms with Gasteiger partial charge in [0.25, 0.3) is 0 Å². The summed E-state index contributed by atoms with van der Waals surface area (Å²) >= 11 is 0. The lowest BCUT2D eigenvalue weighted by molar-refractivity contribution is -0.255. The predicted octanol–water partition coefficient (Wildman–Crippen LogP) is -0.857. The molecule has 5 heteroatoms. The van der Waals surface area contributed by atoms with Gasteiger partial charge in [-0.05, 0) is 6.07 Å². The quantitative estimate of drug-likeness (QED) is 0.617. The molecule has 5 nitrogen and oxygen atoms in total. The summed E-state index contributed by atoms with van der Waals surface area (Å²) in [6, 6.07) is 1.10. The van der Waals surface area contributed by atoms with Crippen molar-refractivity contribution in [2.24, 2.45) is 0 Å². The van der Waals surface area contributed by atoms with E-state index in [1.807, 2.05) is 0 Å². The van der Waals surface area contributed by atoms with Gasteiger partial charge in [0.05, 0.1) is 11.5 Å². The van der Waals surface area contributed by atoms with Gasteiger partial charge in [-0.15, -0.1) is 0 Å². The Morgan fingerprint density at radius 2 is 2.08 bits per heavy atom. The first-order valence-electron chi connectivity index (χ1n) is 3.01. The highest BCUT2D eigenvalue weighted by atomic mass is 16.4. The summed E-state index contributed by atoms with van der Waals surface area (Å²) in [4.78, 5) is 24.2. The van der Waals surface area contributed by atoms with E-state index in [1.165, 1.54) is 6.20 Å². The average Bonchev–Trinajstić information content (AvgIpc) is 2.04. The second-order valence-electron chi connectivity index (χ2n) is 2.01. The van der Waals surface area contributed by atoms with Crippen LogP contribution in [0, 0.1) is 0 Å². The van der Waals surface area contributed by atoms with Gasteiger partial charge in [-0.25, -0.2) is 4.79 Å². The van der Waals surface area contributed by atoms with Crippen molar-refractivity contribution in [2.75, 3.05) is 0 Å². The Morgan fingerprint density at radius 3 is 2.50 bits per heavy atom. The molecular weight excluding hydrogens is 162 g/mol. The number of hydrogen-bond acceptors (Lipinski definition) is 4. The maximum atomic E-state index is 10.4. The van der Waals surface area contributed by atoms with Crippen LogP contribution in [0.1, 0.15) is 20.7 Å². The number of hydrogen-bond donors (Lipinski definition) is 1. The summed E-state index contributed by atoms with van der Waals surface area (Å²) in [7, 11) is 0. The number of aromatic carboxylic acids is 2. The zero-order chi connectivity index (χ0) is 9.14. The van der Waals surface area contributed by atoms with Crippen molar-refractivity contribution in [3.05, 3.63) is 29.6 Å². The molecule has 0 saturated carbocycles. The van der Waals surface area contributed by atoms with Crippen molar-refractivity contribution >= 4 is 11.9 Å². The summed E-state index contributed by atoms with van der Waals surface area (Å²) < 4.78 is 0. The Hall–Kier alpha value is -1.91. The summed E-state index contributed by atoms with van der Waals surface area (Å²) in [5, 5.41) is 18.8. The monoisotopic (exact) mass is 166 g/mol. The van der Waals surface area contributed by atoms with Crippen LogP contribution >= 0.6 is 0 Å². The van der Waals surface area contributed by atoms with E-state index < -0.39 is 17.5 Å². The molecule has 0 aliphatic carbocycles. The van der Waals surface area contributed by atoms with Crippen molar-refractivity contribution in [3.8, 4) is 0 Å². The fourth-order valence-electron chi connectivity index (χ4n) is 0.744. The fraction of sp³-hybridized carbons (Fsp3) is 0. The van der Waals surface area contributed by atoms with Crippen LogP contribution in [-0.2, 0) is 0 Å². The molecule has 0 spiro atoms. The Bertz CT molecular complexity index is 301. The maximum Gasteiger partial charge on any atom is 0.336 e. The van der Waals surface area contributed by atoms with Gasteiger partial charge in [0.15, 0.2) is 0 Å². The normalized spacial score (nSPS) is 9.33. The number of rotatable bonds is 2. The summed E-state index contributed by atoms with van der Waals surface area (Å²) in [6.45, 7) is 0. The second kappa shape index (κ2) is 3.00. The molecule has 0 aliphatic rings. The van der Waals surface area contributed by atoms with Gasteiger partial charge < -0.3 is 15.0 Å². The van der Waals surface area contributed by atoms with Crippen LogP contribution in [0.5, 0.6) is 0 Å². The first kappa shape index (κ1) is 8.19. The van der Waals surface area contributed by atoms with Gasteiger partial charge in [0.1, 0.15) is 0 Å². The smallest absolute Gasteiger partial charge is 0.336 e. The van der Waals surface area contributed by atoms with Crippen LogP contribution in [-0.4, -0.2) is 22.0 Å². The highest BCUT2D eigenvalue weighted by molar-refractivity contribution is 6.00. The minimum absolute atomic E-state index is 0.315. The summed E-state index contributed by atoms with van der Waals surface area (Å²) in [6.07, 6.45) is 2.15. The number of carbonyl (C=O) groups is 2. The lowest BCUT2D eigenvalue weighted by atomic mass is 10.1. The molecule has 0 unspecified atom stereocenters. The van der Waals surface area contributed by atoms with E-state index in [0.717, 1.165) is 12.3 Å². The molecule has 0 bridgehead atoms. The summed E-state index contributed by atoms with van der Waals surface area (Å²) in [5.74, 6) is -2.85. The Balaban J connectivity index is 3.27. The fourth-order valence-corrected chi connectivity index (χ4v) is 0.744. The molecule has 62 valence electrons. The molecule has 0 saturated heterocycles. The van der Waals surface area contributed by atoms with E-state index in [9.17, 15) is 14.7 Å². The van der Waals surface area contributed by atoms with E-state index >= 15 is 0 Å². The van der Waals surface area contributed by atoms with Crippen LogP contribution in [0.25, 0.3) is 0 Å². The van der Waals surface area contributed by atoms with Gasteiger partial charge in [-0.2, -0.15) is 0 Å². The summed E-state index contributed by atoms with van der Waals surface area (Å²) in [5.41, 5.74) is -0.727. The molecule has 0 fully saturated rings. The molecule has 1 aromatic heterocycles. The van der Waals surface area contributed by atoms with Crippen molar-refractivity contribution in [1.82, 2.24) is 4.98 Å². The predicted molar refractivity (Wildman–Crippen MR) is 35.5 cm³/mol.